The van der Waals surface area contributed by atoms with Crippen molar-refractivity contribution >= 4 is 5.69 Å². The summed E-state index contributed by atoms with van der Waals surface area (Å²) in [6.07, 6.45) is -0.938. The number of halogens is 1. The van der Waals surface area contributed by atoms with Crippen molar-refractivity contribution < 1.29 is 9.50 Å². The molecule has 0 aliphatic heterocycles. The summed E-state index contributed by atoms with van der Waals surface area (Å²) in [5.74, 6) is -0.355. The van der Waals surface area contributed by atoms with Crippen molar-refractivity contribution in [3.63, 3.8) is 0 Å². The SMILES string of the molecule is Cc1cc(C)c(C(O)c2ccc(N(C)C)cc2)c(F)c1. The van der Waals surface area contributed by atoms with Gasteiger partial charge in [0.2, 0.25) is 0 Å². The van der Waals surface area contributed by atoms with Crippen LogP contribution in [0.5, 0.6) is 0 Å². The fourth-order valence-corrected chi connectivity index (χ4v) is 2.39. The van der Waals surface area contributed by atoms with Crippen LogP contribution >= 0.6 is 0 Å². The van der Waals surface area contributed by atoms with Crippen molar-refractivity contribution in [1.29, 1.82) is 0 Å². The number of nitrogens with zero attached hydrogens (tertiary/aromatic N) is 1. The van der Waals surface area contributed by atoms with Crippen molar-refractivity contribution in [1.82, 2.24) is 0 Å². The van der Waals surface area contributed by atoms with Crippen molar-refractivity contribution in [3.8, 4) is 0 Å². The van der Waals surface area contributed by atoms with Crippen LogP contribution in [-0.2, 0) is 0 Å². The normalized spacial score (nSPS) is 12.3. The van der Waals surface area contributed by atoms with Crippen LogP contribution in [0.2, 0.25) is 0 Å². The Labute approximate surface area is 119 Å². The first-order chi connectivity index (χ1) is 9.40. The molecule has 1 unspecified atom stereocenters. The van der Waals surface area contributed by atoms with Crippen molar-refractivity contribution in [2.75, 3.05) is 19.0 Å². The molecule has 2 rings (SSSR count). The van der Waals surface area contributed by atoms with Gasteiger partial charge in [-0.05, 0) is 48.7 Å². The molecule has 0 radical (unpaired) electrons. The largest absolute Gasteiger partial charge is 0.384 e. The van der Waals surface area contributed by atoms with Gasteiger partial charge < -0.3 is 10.0 Å². The highest BCUT2D eigenvalue weighted by Gasteiger charge is 2.18. The molecule has 1 atom stereocenters. The summed E-state index contributed by atoms with van der Waals surface area (Å²) < 4.78 is 14.1. The Morgan fingerprint density at radius 1 is 1.05 bits per heavy atom. The molecule has 0 spiro atoms. The lowest BCUT2D eigenvalue weighted by molar-refractivity contribution is 0.214. The van der Waals surface area contributed by atoms with Gasteiger partial charge in [-0.3, -0.25) is 0 Å². The monoisotopic (exact) mass is 273 g/mol. The quantitative estimate of drug-likeness (QED) is 0.923. The maximum absolute atomic E-state index is 14.1. The molecular formula is C17H20FNO. The summed E-state index contributed by atoms with van der Waals surface area (Å²) in [4.78, 5) is 1.98. The Balaban J connectivity index is 2.38. The molecule has 2 nitrogen and oxygen atoms in total. The molecule has 20 heavy (non-hydrogen) atoms. The van der Waals surface area contributed by atoms with Gasteiger partial charge in [-0.1, -0.05) is 18.2 Å². The Morgan fingerprint density at radius 2 is 1.65 bits per heavy atom. The minimum atomic E-state index is -0.938. The zero-order chi connectivity index (χ0) is 14.9. The van der Waals surface area contributed by atoms with Crippen LogP contribution in [0.4, 0.5) is 10.1 Å². The first-order valence-electron chi connectivity index (χ1n) is 6.62. The first-order valence-corrected chi connectivity index (χ1v) is 6.62. The van der Waals surface area contributed by atoms with Crippen LogP contribution in [0.1, 0.15) is 28.4 Å². The lowest BCUT2D eigenvalue weighted by atomic mass is 9.95. The van der Waals surface area contributed by atoms with Crippen LogP contribution in [0.25, 0.3) is 0 Å². The fourth-order valence-electron chi connectivity index (χ4n) is 2.39. The number of hydrogen-bond donors (Lipinski definition) is 1. The van der Waals surface area contributed by atoms with E-state index in [1.807, 2.05) is 63.2 Å². The lowest BCUT2D eigenvalue weighted by Gasteiger charge is -2.18. The fraction of sp³-hybridized carbons (Fsp3) is 0.294. The van der Waals surface area contributed by atoms with E-state index < -0.39 is 6.10 Å². The summed E-state index contributed by atoms with van der Waals surface area (Å²) in [5, 5.41) is 10.4. The highest BCUT2D eigenvalue weighted by Crippen LogP contribution is 2.29. The molecule has 0 saturated carbocycles. The van der Waals surface area contributed by atoms with E-state index in [1.54, 1.807) is 0 Å². The molecule has 2 aromatic carbocycles. The molecule has 106 valence electrons. The number of hydrogen-bond acceptors (Lipinski definition) is 2. The lowest BCUT2D eigenvalue weighted by Crippen LogP contribution is -2.09. The van der Waals surface area contributed by atoms with E-state index in [9.17, 15) is 9.50 Å². The van der Waals surface area contributed by atoms with Crippen LogP contribution in [0.15, 0.2) is 36.4 Å². The van der Waals surface area contributed by atoms with Gasteiger partial charge in [0, 0.05) is 25.3 Å². The second-order valence-electron chi connectivity index (χ2n) is 5.37. The molecule has 0 bridgehead atoms. The van der Waals surface area contributed by atoms with Gasteiger partial charge in [0.15, 0.2) is 0 Å². The Morgan fingerprint density at radius 3 is 2.15 bits per heavy atom. The molecule has 0 heterocycles. The molecule has 2 aromatic rings. The molecule has 0 aliphatic carbocycles. The van der Waals surface area contributed by atoms with E-state index >= 15 is 0 Å². The van der Waals surface area contributed by atoms with Gasteiger partial charge in [0.25, 0.3) is 0 Å². The van der Waals surface area contributed by atoms with E-state index in [1.165, 1.54) is 6.07 Å². The molecule has 0 amide bonds. The van der Waals surface area contributed by atoms with E-state index in [4.69, 9.17) is 0 Å². The Kier molecular flexibility index (Phi) is 4.09. The summed E-state index contributed by atoms with van der Waals surface area (Å²) >= 11 is 0. The molecular weight excluding hydrogens is 253 g/mol. The van der Waals surface area contributed by atoms with E-state index in [2.05, 4.69) is 0 Å². The van der Waals surface area contributed by atoms with Gasteiger partial charge >= 0.3 is 0 Å². The predicted molar refractivity (Wildman–Crippen MR) is 80.7 cm³/mol. The standard InChI is InChI=1S/C17H20FNO/c1-11-9-12(2)16(15(18)10-11)17(20)13-5-7-14(8-6-13)19(3)4/h5-10,17,20H,1-4H3. The molecule has 0 fully saturated rings. The van der Waals surface area contributed by atoms with Crippen molar-refractivity contribution in [2.24, 2.45) is 0 Å². The third-order valence-electron chi connectivity index (χ3n) is 3.48. The number of aliphatic hydroxyl groups excluding tert-OH is 1. The van der Waals surface area contributed by atoms with Gasteiger partial charge in [-0.15, -0.1) is 0 Å². The first kappa shape index (κ1) is 14.5. The summed E-state index contributed by atoms with van der Waals surface area (Å²) in [7, 11) is 3.91. The second kappa shape index (κ2) is 5.63. The predicted octanol–water partition coefficient (Wildman–Crippen LogP) is 3.59. The van der Waals surface area contributed by atoms with Crippen molar-refractivity contribution in [3.05, 3.63) is 64.5 Å². The average Bonchev–Trinajstić information content (AvgIpc) is 2.37. The summed E-state index contributed by atoms with van der Waals surface area (Å²) in [6, 6.07) is 10.8. The van der Waals surface area contributed by atoms with Crippen molar-refractivity contribution in [2.45, 2.75) is 20.0 Å². The molecule has 3 heteroatoms. The topological polar surface area (TPSA) is 23.5 Å². The van der Waals surface area contributed by atoms with E-state index in [0.29, 0.717) is 11.1 Å². The third kappa shape index (κ3) is 2.83. The van der Waals surface area contributed by atoms with E-state index in [-0.39, 0.29) is 5.82 Å². The Bertz CT molecular complexity index is 582. The van der Waals surface area contributed by atoms with Gasteiger partial charge in [-0.25, -0.2) is 4.39 Å². The highest BCUT2D eigenvalue weighted by atomic mass is 19.1. The zero-order valence-corrected chi connectivity index (χ0v) is 12.3. The van der Waals surface area contributed by atoms with E-state index in [0.717, 1.165) is 16.8 Å². The van der Waals surface area contributed by atoms with Crippen LogP contribution in [-0.4, -0.2) is 19.2 Å². The third-order valence-corrected chi connectivity index (χ3v) is 3.48. The number of aliphatic hydroxyl groups is 1. The average molecular weight is 273 g/mol. The molecule has 0 aromatic heterocycles. The highest BCUT2D eigenvalue weighted by molar-refractivity contribution is 5.48. The van der Waals surface area contributed by atoms with Gasteiger partial charge in [0.05, 0.1) is 0 Å². The zero-order valence-electron chi connectivity index (χ0n) is 12.3. The minimum Gasteiger partial charge on any atom is -0.384 e. The van der Waals surface area contributed by atoms with Crippen LogP contribution in [0, 0.1) is 19.7 Å². The number of anilines is 1. The molecule has 1 N–H and O–H groups in total. The number of benzene rings is 2. The minimum absolute atomic E-state index is 0.355. The maximum atomic E-state index is 14.1. The Hall–Kier alpha value is -1.87. The summed E-state index contributed by atoms with van der Waals surface area (Å²) in [5.41, 5.74) is 3.72. The van der Waals surface area contributed by atoms with Crippen LogP contribution < -0.4 is 4.90 Å². The number of aryl methyl sites for hydroxylation is 2. The van der Waals surface area contributed by atoms with Gasteiger partial charge in [-0.2, -0.15) is 0 Å². The van der Waals surface area contributed by atoms with Gasteiger partial charge in [0.1, 0.15) is 11.9 Å². The maximum Gasteiger partial charge on any atom is 0.129 e. The molecule has 0 saturated heterocycles. The number of rotatable bonds is 3. The smallest absolute Gasteiger partial charge is 0.129 e. The second-order valence-corrected chi connectivity index (χ2v) is 5.37. The molecule has 0 aliphatic rings. The summed E-state index contributed by atoms with van der Waals surface area (Å²) in [6.45, 7) is 3.67. The van der Waals surface area contributed by atoms with Crippen LogP contribution in [0.3, 0.4) is 0 Å².